The maximum Gasteiger partial charge on any atom is 0.191 e. The third-order valence-corrected chi connectivity index (χ3v) is 6.45. The summed E-state index contributed by atoms with van der Waals surface area (Å²) in [7, 11) is 1.79. The molecule has 1 aromatic carbocycles. The van der Waals surface area contributed by atoms with E-state index in [-0.39, 0.29) is 10.9 Å². The van der Waals surface area contributed by atoms with E-state index >= 15 is 0 Å². The van der Waals surface area contributed by atoms with Crippen molar-refractivity contribution in [2.45, 2.75) is 37.0 Å². The molecule has 1 fully saturated rings. The number of hydrogen-bond donors (Lipinski definition) is 2. The molecule has 1 unspecified atom stereocenters. The van der Waals surface area contributed by atoms with Gasteiger partial charge in [-0.3, -0.25) is 4.99 Å². The van der Waals surface area contributed by atoms with Crippen molar-refractivity contribution in [3.63, 3.8) is 0 Å². The molecule has 1 atom stereocenters. The van der Waals surface area contributed by atoms with Gasteiger partial charge in [0.1, 0.15) is 11.9 Å². The van der Waals surface area contributed by atoms with Crippen molar-refractivity contribution in [3.05, 3.63) is 29.3 Å². The first-order valence-electron chi connectivity index (χ1n) is 9.11. The van der Waals surface area contributed by atoms with Gasteiger partial charge in [-0.15, -0.1) is 0 Å². The number of thioether (sulfide) groups is 1. The Kier molecular flexibility index (Phi) is 8.88. The third-order valence-electron chi connectivity index (χ3n) is 4.72. The molecule has 0 spiro atoms. The Morgan fingerprint density at radius 1 is 1.35 bits per heavy atom. The molecule has 0 radical (unpaired) electrons. The molecule has 0 aromatic heterocycles. The minimum atomic E-state index is 0.0195. The number of nitrogens with zero attached hydrogens (tertiary/aromatic N) is 1. The fraction of sp³-hybridized carbons (Fsp3) is 0.632. The lowest BCUT2D eigenvalue weighted by atomic mass is 9.99. The number of benzene rings is 1. The zero-order chi connectivity index (χ0) is 18.8. The van der Waals surface area contributed by atoms with Gasteiger partial charge in [-0.1, -0.05) is 30.7 Å². The van der Waals surface area contributed by atoms with Gasteiger partial charge in [0.25, 0.3) is 0 Å². The Hall–Kier alpha value is -1.11. The first-order chi connectivity index (χ1) is 12.6. The molecule has 2 rings (SSSR count). The summed E-state index contributed by atoms with van der Waals surface area (Å²) in [5.74, 6) is 1.51. The van der Waals surface area contributed by atoms with Crippen LogP contribution in [-0.4, -0.2) is 56.4 Å². The molecule has 0 amide bonds. The van der Waals surface area contributed by atoms with Crippen LogP contribution in [-0.2, 0) is 4.74 Å². The number of hydrogen-bond acceptors (Lipinski definition) is 4. The fourth-order valence-corrected chi connectivity index (χ4v) is 3.83. The molecule has 1 aliphatic rings. The summed E-state index contributed by atoms with van der Waals surface area (Å²) in [6.07, 6.45) is 5.19. The van der Waals surface area contributed by atoms with Crippen molar-refractivity contribution in [2.24, 2.45) is 4.99 Å². The lowest BCUT2D eigenvalue weighted by Crippen LogP contribution is -2.49. The molecule has 1 aliphatic heterocycles. The van der Waals surface area contributed by atoms with Crippen LogP contribution < -0.4 is 15.4 Å². The second kappa shape index (κ2) is 10.9. The van der Waals surface area contributed by atoms with Gasteiger partial charge in [0.15, 0.2) is 5.96 Å². The summed E-state index contributed by atoms with van der Waals surface area (Å²) in [6.45, 7) is 5.30. The van der Waals surface area contributed by atoms with Crippen molar-refractivity contribution in [1.29, 1.82) is 0 Å². The van der Waals surface area contributed by atoms with Crippen LogP contribution in [0.25, 0.3) is 0 Å². The van der Waals surface area contributed by atoms with Gasteiger partial charge in [0.05, 0.1) is 11.6 Å². The molecule has 2 N–H and O–H groups in total. The number of para-hydroxylation sites is 1. The van der Waals surface area contributed by atoms with E-state index in [1.54, 1.807) is 7.05 Å². The second-order valence-electron chi connectivity index (χ2n) is 6.38. The van der Waals surface area contributed by atoms with Gasteiger partial charge in [-0.2, -0.15) is 11.8 Å². The van der Waals surface area contributed by atoms with Gasteiger partial charge in [0.2, 0.25) is 0 Å². The second-order valence-corrected chi connectivity index (χ2v) is 8.07. The van der Waals surface area contributed by atoms with E-state index in [9.17, 15) is 0 Å². The maximum atomic E-state index is 6.19. The minimum absolute atomic E-state index is 0.0195. The molecule has 26 heavy (non-hydrogen) atoms. The van der Waals surface area contributed by atoms with Crippen LogP contribution in [0.3, 0.4) is 0 Å². The van der Waals surface area contributed by atoms with Crippen molar-refractivity contribution in [1.82, 2.24) is 10.6 Å². The maximum absolute atomic E-state index is 6.19. The van der Waals surface area contributed by atoms with E-state index < -0.39 is 0 Å². The van der Waals surface area contributed by atoms with E-state index in [0.29, 0.717) is 17.3 Å². The molecule has 146 valence electrons. The standard InChI is InChI=1S/C19H30ClN3O2S/c1-4-15(25-17-8-6-5-7-16(17)20)13-22-18(21-2)23-14-19(26-3)9-11-24-12-10-19/h5-8,15H,4,9-14H2,1-3H3,(H2,21,22,23). The average molecular weight is 400 g/mol. The number of aliphatic imine (C=N–C) groups is 1. The molecular weight excluding hydrogens is 370 g/mol. The summed E-state index contributed by atoms with van der Waals surface area (Å²) in [5, 5.41) is 7.47. The Balaban J connectivity index is 1.84. The van der Waals surface area contributed by atoms with Crippen LogP contribution >= 0.6 is 23.4 Å². The van der Waals surface area contributed by atoms with Crippen LogP contribution in [0.1, 0.15) is 26.2 Å². The highest BCUT2D eigenvalue weighted by Gasteiger charge is 2.31. The Bertz CT molecular complexity index is 580. The number of guanidine groups is 1. The van der Waals surface area contributed by atoms with E-state index in [1.165, 1.54) is 0 Å². The molecule has 5 nitrogen and oxygen atoms in total. The van der Waals surface area contributed by atoms with Gasteiger partial charge in [-0.05, 0) is 37.7 Å². The molecule has 1 saturated heterocycles. The van der Waals surface area contributed by atoms with Crippen molar-refractivity contribution < 1.29 is 9.47 Å². The number of nitrogens with one attached hydrogen (secondary N) is 2. The number of rotatable bonds is 8. The Morgan fingerprint density at radius 2 is 2.08 bits per heavy atom. The van der Waals surface area contributed by atoms with Crippen LogP contribution in [0.5, 0.6) is 5.75 Å². The highest BCUT2D eigenvalue weighted by Crippen LogP contribution is 2.33. The Morgan fingerprint density at radius 3 is 2.69 bits per heavy atom. The Labute approximate surface area is 166 Å². The monoisotopic (exact) mass is 399 g/mol. The van der Waals surface area contributed by atoms with Crippen LogP contribution in [0.15, 0.2) is 29.3 Å². The zero-order valence-corrected chi connectivity index (χ0v) is 17.5. The molecular formula is C19H30ClN3O2S. The summed E-state index contributed by atoms with van der Waals surface area (Å²) in [6, 6.07) is 7.56. The van der Waals surface area contributed by atoms with Crippen molar-refractivity contribution >= 4 is 29.3 Å². The lowest BCUT2D eigenvalue weighted by molar-refractivity contribution is 0.0782. The van der Waals surface area contributed by atoms with Crippen LogP contribution in [0.2, 0.25) is 5.02 Å². The topological polar surface area (TPSA) is 54.9 Å². The summed E-state index contributed by atoms with van der Waals surface area (Å²) < 4.78 is 11.7. The summed E-state index contributed by atoms with van der Waals surface area (Å²) >= 11 is 8.10. The number of halogens is 1. The summed E-state index contributed by atoms with van der Waals surface area (Å²) in [5.41, 5.74) is 0. The number of ether oxygens (including phenoxy) is 2. The van der Waals surface area contributed by atoms with Crippen molar-refractivity contribution in [2.75, 3.05) is 39.6 Å². The van der Waals surface area contributed by atoms with Gasteiger partial charge in [0, 0.05) is 31.6 Å². The minimum Gasteiger partial charge on any atom is -0.487 e. The third kappa shape index (κ3) is 6.25. The van der Waals surface area contributed by atoms with E-state index in [2.05, 4.69) is 28.8 Å². The zero-order valence-electron chi connectivity index (χ0n) is 15.9. The summed E-state index contributed by atoms with van der Waals surface area (Å²) in [4.78, 5) is 4.34. The predicted molar refractivity (Wildman–Crippen MR) is 112 cm³/mol. The van der Waals surface area contributed by atoms with Crippen LogP contribution in [0, 0.1) is 0 Å². The van der Waals surface area contributed by atoms with Gasteiger partial charge < -0.3 is 20.1 Å². The van der Waals surface area contributed by atoms with E-state index in [1.807, 2.05) is 36.0 Å². The van der Waals surface area contributed by atoms with Gasteiger partial charge in [-0.25, -0.2) is 0 Å². The molecule has 7 heteroatoms. The molecule has 1 aromatic rings. The smallest absolute Gasteiger partial charge is 0.191 e. The largest absolute Gasteiger partial charge is 0.487 e. The van der Waals surface area contributed by atoms with E-state index in [0.717, 1.165) is 45.0 Å². The SMILES string of the molecule is CCC(CNC(=NC)NCC1(SC)CCOCC1)Oc1ccccc1Cl. The lowest BCUT2D eigenvalue weighted by Gasteiger charge is -2.36. The first kappa shape index (κ1) is 21.2. The van der Waals surface area contributed by atoms with E-state index in [4.69, 9.17) is 21.1 Å². The molecule has 0 bridgehead atoms. The first-order valence-corrected chi connectivity index (χ1v) is 10.7. The fourth-order valence-electron chi connectivity index (χ4n) is 2.86. The molecule has 0 saturated carbocycles. The average Bonchev–Trinajstić information content (AvgIpc) is 2.69. The molecule has 1 heterocycles. The quantitative estimate of drug-likeness (QED) is 0.517. The highest BCUT2D eigenvalue weighted by molar-refractivity contribution is 8.00. The predicted octanol–water partition coefficient (Wildman–Crippen LogP) is 3.57. The normalized spacial score (nSPS) is 18.2. The molecule has 0 aliphatic carbocycles. The van der Waals surface area contributed by atoms with Crippen molar-refractivity contribution in [3.8, 4) is 5.75 Å². The van der Waals surface area contributed by atoms with Gasteiger partial charge >= 0.3 is 0 Å². The highest BCUT2D eigenvalue weighted by atomic mass is 35.5. The van der Waals surface area contributed by atoms with Crippen LogP contribution in [0.4, 0.5) is 0 Å².